The summed E-state index contributed by atoms with van der Waals surface area (Å²) in [4.78, 5) is 27.5. The number of likely N-dealkylation sites (N-methyl/N-ethyl adjacent to an activating group) is 1. The maximum absolute atomic E-state index is 12.1. The fourth-order valence-electron chi connectivity index (χ4n) is 3.84. The molecule has 3 N–H and O–H groups in total. The number of hydrogen-bond donors (Lipinski definition) is 3. The molecule has 3 rings (SSSR count). The molecule has 0 spiro atoms. The van der Waals surface area contributed by atoms with Crippen LogP contribution in [0.25, 0.3) is 11.3 Å². The number of methoxy groups -OCH3 is 1. The number of aromatic nitrogens is 3. The van der Waals surface area contributed by atoms with Crippen molar-refractivity contribution in [2.45, 2.75) is 25.7 Å². The van der Waals surface area contributed by atoms with E-state index < -0.39 is 0 Å². The van der Waals surface area contributed by atoms with Crippen LogP contribution in [0.2, 0.25) is 0 Å². The van der Waals surface area contributed by atoms with Crippen molar-refractivity contribution in [2.24, 2.45) is 0 Å². The van der Waals surface area contributed by atoms with Gasteiger partial charge in [0.15, 0.2) is 0 Å². The fourth-order valence-corrected chi connectivity index (χ4v) is 3.84. The molecular weight excluding hydrogens is 454 g/mol. The molecule has 0 unspecified atom stereocenters. The lowest BCUT2D eigenvalue weighted by Crippen LogP contribution is -2.31. The molecule has 1 amide bonds. The number of ether oxygens (including phenoxy) is 1. The summed E-state index contributed by atoms with van der Waals surface area (Å²) in [5.41, 5.74) is 3.06. The van der Waals surface area contributed by atoms with Crippen molar-refractivity contribution in [1.82, 2.24) is 25.2 Å². The van der Waals surface area contributed by atoms with Crippen molar-refractivity contribution in [3.8, 4) is 17.0 Å². The molecule has 0 aliphatic carbocycles. The number of hydrogen-bond acceptors (Lipinski definition) is 8. The Kier molecular flexibility index (Phi) is 9.19. The smallest absolute Gasteiger partial charge is 0.251 e. The first kappa shape index (κ1) is 26.9. The summed E-state index contributed by atoms with van der Waals surface area (Å²) in [6, 6.07) is 11.5. The molecule has 36 heavy (non-hydrogen) atoms. The van der Waals surface area contributed by atoms with Crippen LogP contribution in [0.3, 0.4) is 0 Å². The molecule has 3 aromatic rings. The van der Waals surface area contributed by atoms with E-state index in [0.29, 0.717) is 17.9 Å². The molecule has 2 heterocycles. The largest absolute Gasteiger partial charge is 0.496 e. The number of rotatable bonds is 12. The van der Waals surface area contributed by atoms with Crippen LogP contribution in [0.1, 0.15) is 36.2 Å². The molecule has 0 radical (unpaired) electrons. The highest BCUT2D eigenvalue weighted by Crippen LogP contribution is 2.35. The second-order valence-electron chi connectivity index (χ2n) is 9.21. The van der Waals surface area contributed by atoms with Gasteiger partial charge in [-0.2, -0.15) is 0 Å². The minimum Gasteiger partial charge on any atom is -0.496 e. The molecule has 9 heteroatoms. The van der Waals surface area contributed by atoms with Crippen LogP contribution in [0.15, 0.2) is 48.9 Å². The molecule has 0 bridgehead atoms. The van der Waals surface area contributed by atoms with Crippen LogP contribution >= 0.6 is 0 Å². The predicted molar refractivity (Wildman–Crippen MR) is 145 cm³/mol. The van der Waals surface area contributed by atoms with Gasteiger partial charge in [0.25, 0.3) is 5.91 Å². The lowest BCUT2D eigenvalue weighted by atomic mass is 9.79. The number of carbonyl (C=O) groups excluding carboxylic acids is 1. The number of anilines is 2. The van der Waals surface area contributed by atoms with E-state index in [1.807, 2.05) is 50.6 Å². The third-order valence-corrected chi connectivity index (χ3v) is 6.37. The van der Waals surface area contributed by atoms with Gasteiger partial charge in [0.2, 0.25) is 0 Å². The number of carbonyl (C=O) groups is 1. The molecule has 192 valence electrons. The van der Waals surface area contributed by atoms with Gasteiger partial charge >= 0.3 is 0 Å². The van der Waals surface area contributed by atoms with Gasteiger partial charge in [-0.05, 0) is 44.8 Å². The Morgan fingerprint density at radius 2 is 1.86 bits per heavy atom. The van der Waals surface area contributed by atoms with Crippen LogP contribution in [0.4, 0.5) is 11.6 Å². The van der Waals surface area contributed by atoms with Crippen molar-refractivity contribution in [3.05, 3.63) is 60.0 Å². The zero-order valence-electron chi connectivity index (χ0n) is 22.1. The summed E-state index contributed by atoms with van der Waals surface area (Å²) < 4.78 is 5.66. The van der Waals surface area contributed by atoms with E-state index in [2.05, 4.69) is 49.6 Å². The van der Waals surface area contributed by atoms with Gasteiger partial charge in [0.1, 0.15) is 23.7 Å². The van der Waals surface area contributed by atoms with E-state index in [0.717, 1.165) is 48.0 Å². The summed E-state index contributed by atoms with van der Waals surface area (Å²) >= 11 is 0. The van der Waals surface area contributed by atoms with Crippen molar-refractivity contribution in [3.63, 3.8) is 0 Å². The van der Waals surface area contributed by atoms with Crippen LogP contribution in [0, 0.1) is 0 Å². The molecule has 0 aliphatic rings. The molecule has 1 atom stereocenters. The highest BCUT2D eigenvalue weighted by atomic mass is 16.5. The minimum atomic E-state index is -0.251. The SMILES string of the molecule is CC[C@](C)(CNc1cc(-c2ccc(NCCN(C)C)nc2)ncn1)c1ccc(C(=O)NC)cc1OC. The normalized spacial score (nSPS) is 12.6. The van der Waals surface area contributed by atoms with E-state index >= 15 is 0 Å². The topological polar surface area (TPSA) is 104 Å². The van der Waals surface area contributed by atoms with E-state index in [9.17, 15) is 4.79 Å². The number of nitrogens with one attached hydrogen (secondary N) is 3. The molecule has 9 nitrogen and oxygen atoms in total. The Hall–Kier alpha value is -3.72. The molecule has 0 saturated heterocycles. The van der Waals surface area contributed by atoms with Crippen LogP contribution in [-0.2, 0) is 5.41 Å². The zero-order valence-corrected chi connectivity index (χ0v) is 22.1. The first-order valence-corrected chi connectivity index (χ1v) is 12.1. The Morgan fingerprint density at radius 3 is 2.50 bits per heavy atom. The lowest BCUT2D eigenvalue weighted by Gasteiger charge is -2.31. The zero-order chi connectivity index (χ0) is 26.1. The summed E-state index contributed by atoms with van der Waals surface area (Å²) in [6.45, 7) is 6.70. The van der Waals surface area contributed by atoms with Crippen molar-refractivity contribution >= 4 is 17.5 Å². The average molecular weight is 492 g/mol. The first-order chi connectivity index (χ1) is 17.3. The van der Waals surface area contributed by atoms with Crippen LogP contribution < -0.4 is 20.7 Å². The highest BCUT2D eigenvalue weighted by molar-refractivity contribution is 5.94. The number of pyridine rings is 1. The second kappa shape index (κ2) is 12.3. The van der Waals surface area contributed by atoms with E-state index in [1.165, 1.54) is 0 Å². The van der Waals surface area contributed by atoms with Gasteiger partial charge in [-0.25, -0.2) is 15.0 Å². The number of benzene rings is 1. The van der Waals surface area contributed by atoms with Crippen molar-refractivity contribution in [2.75, 3.05) is 58.5 Å². The lowest BCUT2D eigenvalue weighted by molar-refractivity contribution is 0.0962. The minimum absolute atomic E-state index is 0.142. The molecule has 1 aromatic carbocycles. The Bertz CT molecular complexity index is 1150. The predicted octanol–water partition coefficient (Wildman–Crippen LogP) is 3.66. The molecule has 0 fully saturated rings. The standard InChI is InChI=1S/C27H37N7O2/c1-7-27(2,21-10-8-19(26(35)28-3)14-23(21)36-6)17-31-25-15-22(32-18-33-25)20-9-11-24(30-16-20)29-12-13-34(4)5/h8-11,14-16,18H,7,12-13,17H2,1-6H3,(H,28,35)(H,29,30)(H,31,32,33)/t27-/m1/s1. The maximum Gasteiger partial charge on any atom is 0.251 e. The molecule has 0 aliphatic heterocycles. The van der Waals surface area contributed by atoms with E-state index in [1.54, 1.807) is 26.6 Å². The summed E-state index contributed by atoms with van der Waals surface area (Å²) in [5, 5.41) is 9.44. The third-order valence-electron chi connectivity index (χ3n) is 6.37. The van der Waals surface area contributed by atoms with Crippen molar-refractivity contribution < 1.29 is 9.53 Å². The number of amides is 1. The Morgan fingerprint density at radius 1 is 1.06 bits per heavy atom. The quantitative estimate of drug-likeness (QED) is 0.353. The van der Waals surface area contributed by atoms with Gasteiger partial charge in [-0.1, -0.05) is 19.9 Å². The first-order valence-electron chi connectivity index (χ1n) is 12.1. The van der Waals surface area contributed by atoms with Crippen LogP contribution in [-0.4, -0.2) is 73.6 Å². The summed E-state index contributed by atoms with van der Waals surface area (Å²) in [6.07, 6.45) is 4.24. The second-order valence-corrected chi connectivity index (χ2v) is 9.21. The Labute approximate surface area is 213 Å². The monoisotopic (exact) mass is 491 g/mol. The summed E-state index contributed by atoms with van der Waals surface area (Å²) in [7, 11) is 7.33. The van der Waals surface area contributed by atoms with Crippen molar-refractivity contribution in [1.29, 1.82) is 0 Å². The maximum atomic E-state index is 12.1. The number of nitrogens with zero attached hydrogens (tertiary/aromatic N) is 4. The van der Waals surface area contributed by atoms with Gasteiger partial charge in [-0.3, -0.25) is 4.79 Å². The molecule has 0 saturated carbocycles. The highest BCUT2D eigenvalue weighted by Gasteiger charge is 2.29. The molecule has 2 aromatic heterocycles. The average Bonchev–Trinajstić information content (AvgIpc) is 2.91. The van der Waals surface area contributed by atoms with Gasteiger partial charge < -0.3 is 25.6 Å². The Balaban J connectivity index is 1.73. The molecular formula is C27H37N7O2. The van der Waals surface area contributed by atoms with Crippen LogP contribution in [0.5, 0.6) is 5.75 Å². The third kappa shape index (κ3) is 6.69. The fraction of sp³-hybridized carbons (Fsp3) is 0.407. The summed E-state index contributed by atoms with van der Waals surface area (Å²) in [5.74, 6) is 2.12. The van der Waals surface area contributed by atoms with Gasteiger partial charge in [-0.15, -0.1) is 0 Å². The van der Waals surface area contributed by atoms with E-state index in [-0.39, 0.29) is 11.3 Å². The van der Waals surface area contributed by atoms with Gasteiger partial charge in [0, 0.05) is 61.1 Å². The van der Waals surface area contributed by atoms with E-state index in [4.69, 9.17) is 4.74 Å². The van der Waals surface area contributed by atoms with Gasteiger partial charge in [0.05, 0.1) is 12.8 Å².